The summed E-state index contributed by atoms with van der Waals surface area (Å²) in [5, 5.41) is 24.5. The van der Waals surface area contributed by atoms with Crippen molar-refractivity contribution < 1.29 is 14.4 Å². The van der Waals surface area contributed by atoms with Gasteiger partial charge in [-0.05, 0) is 18.4 Å². The van der Waals surface area contributed by atoms with Crippen molar-refractivity contribution in [1.29, 1.82) is 0 Å². The van der Waals surface area contributed by atoms with Crippen molar-refractivity contribution in [2.24, 2.45) is 5.92 Å². The maximum absolute atomic E-state index is 13.8. The van der Waals surface area contributed by atoms with Crippen LogP contribution in [0.3, 0.4) is 0 Å². The Labute approximate surface area is 128 Å². The Bertz CT molecular complexity index is 571. The third kappa shape index (κ3) is 3.20. The van der Waals surface area contributed by atoms with Crippen molar-refractivity contribution in [3.63, 3.8) is 0 Å². The lowest BCUT2D eigenvalue weighted by atomic mass is 9.97. The first-order valence-corrected chi connectivity index (χ1v) is 7.68. The number of piperazine rings is 1. The molecule has 1 saturated carbocycles. The molecule has 1 heterocycles. The lowest BCUT2D eigenvalue weighted by molar-refractivity contribution is -0.386. The number of phenols is 1. The number of rotatable bonds is 5. The van der Waals surface area contributed by atoms with Crippen molar-refractivity contribution in [2.75, 3.05) is 26.2 Å². The summed E-state index contributed by atoms with van der Waals surface area (Å²) < 4.78 is 13.8. The second-order valence-electron chi connectivity index (χ2n) is 6.10. The number of benzene rings is 1. The number of hydrogen-bond donors (Lipinski definition) is 2. The van der Waals surface area contributed by atoms with E-state index in [0.29, 0.717) is 11.5 Å². The largest absolute Gasteiger partial charge is 0.502 e. The van der Waals surface area contributed by atoms with Crippen LogP contribution >= 0.6 is 0 Å². The van der Waals surface area contributed by atoms with Crippen LogP contribution in [0.25, 0.3) is 0 Å². The van der Waals surface area contributed by atoms with Crippen LogP contribution in [0.15, 0.2) is 12.1 Å². The second kappa shape index (κ2) is 6.18. The highest BCUT2D eigenvalue weighted by Crippen LogP contribution is 2.44. The van der Waals surface area contributed by atoms with Crippen LogP contribution in [-0.4, -0.2) is 41.1 Å². The fraction of sp³-hybridized carbons (Fsp3) is 0.600. The Morgan fingerprint density at radius 2 is 2.09 bits per heavy atom. The van der Waals surface area contributed by atoms with Gasteiger partial charge in [-0.15, -0.1) is 0 Å². The summed E-state index contributed by atoms with van der Waals surface area (Å²) in [6.07, 6.45) is 3.09. The van der Waals surface area contributed by atoms with Crippen LogP contribution in [0.1, 0.15) is 30.9 Å². The molecule has 0 amide bonds. The number of nitrogens with one attached hydrogen (secondary N) is 1. The molecule has 120 valence electrons. The summed E-state index contributed by atoms with van der Waals surface area (Å²) in [4.78, 5) is 12.5. The molecule has 22 heavy (non-hydrogen) atoms. The fourth-order valence-electron chi connectivity index (χ4n) is 3.13. The zero-order chi connectivity index (χ0) is 15.7. The predicted molar refractivity (Wildman–Crippen MR) is 79.2 cm³/mol. The fourth-order valence-corrected chi connectivity index (χ4v) is 3.13. The number of nitrogens with zero attached hydrogens (tertiary/aromatic N) is 2. The van der Waals surface area contributed by atoms with Crippen molar-refractivity contribution in [1.82, 2.24) is 10.2 Å². The molecule has 1 aromatic rings. The lowest BCUT2D eigenvalue weighted by Crippen LogP contribution is -2.45. The zero-order valence-corrected chi connectivity index (χ0v) is 12.3. The van der Waals surface area contributed by atoms with Crippen LogP contribution < -0.4 is 5.32 Å². The molecule has 6 nitrogen and oxygen atoms in total. The highest BCUT2D eigenvalue weighted by Gasteiger charge is 2.34. The molecular weight excluding hydrogens is 289 g/mol. The number of halogens is 1. The van der Waals surface area contributed by atoms with E-state index >= 15 is 0 Å². The Balaban J connectivity index is 1.96. The van der Waals surface area contributed by atoms with E-state index in [2.05, 4.69) is 10.2 Å². The lowest BCUT2D eigenvalue weighted by Gasteiger charge is -2.35. The normalized spacial score (nSPS) is 20.8. The van der Waals surface area contributed by atoms with Gasteiger partial charge < -0.3 is 10.4 Å². The standard InChI is InChI=1S/C15H20FN3O3/c16-11-8-12(15(20)14(9-11)19(21)22)13(7-10-1-2-10)18-5-3-17-4-6-18/h8-10,13,17,20H,1-7H2/t13-/m0/s1. The van der Waals surface area contributed by atoms with E-state index < -0.39 is 22.2 Å². The second-order valence-corrected chi connectivity index (χ2v) is 6.10. The molecule has 2 aliphatic rings. The highest BCUT2D eigenvalue weighted by molar-refractivity contribution is 5.52. The summed E-state index contributed by atoms with van der Waals surface area (Å²) in [5.74, 6) is -0.493. The van der Waals surface area contributed by atoms with Gasteiger partial charge in [-0.25, -0.2) is 4.39 Å². The van der Waals surface area contributed by atoms with Crippen molar-refractivity contribution in [2.45, 2.75) is 25.3 Å². The summed E-state index contributed by atoms with van der Waals surface area (Å²) in [6.45, 7) is 3.25. The molecule has 2 N–H and O–H groups in total. The topological polar surface area (TPSA) is 78.6 Å². The Morgan fingerprint density at radius 1 is 1.41 bits per heavy atom. The molecule has 1 atom stereocenters. The van der Waals surface area contributed by atoms with Gasteiger partial charge in [0.15, 0.2) is 5.75 Å². The van der Waals surface area contributed by atoms with E-state index in [4.69, 9.17) is 0 Å². The third-order valence-corrected chi connectivity index (χ3v) is 4.49. The average molecular weight is 309 g/mol. The first-order valence-electron chi connectivity index (χ1n) is 7.68. The summed E-state index contributed by atoms with van der Waals surface area (Å²) in [6, 6.07) is 1.87. The molecule has 0 radical (unpaired) electrons. The monoisotopic (exact) mass is 309 g/mol. The molecule has 0 unspecified atom stereocenters. The molecule has 2 fully saturated rings. The molecule has 1 aliphatic carbocycles. The van der Waals surface area contributed by atoms with Crippen LogP contribution in [0.4, 0.5) is 10.1 Å². The average Bonchev–Trinajstić information content (AvgIpc) is 3.32. The summed E-state index contributed by atoms with van der Waals surface area (Å²) >= 11 is 0. The maximum Gasteiger partial charge on any atom is 0.313 e. The van der Waals surface area contributed by atoms with Gasteiger partial charge in [0.2, 0.25) is 0 Å². The van der Waals surface area contributed by atoms with Gasteiger partial charge in [-0.1, -0.05) is 12.8 Å². The van der Waals surface area contributed by atoms with E-state index in [9.17, 15) is 19.6 Å². The quantitative estimate of drug-likeness (QED) is 0.644. The van der Waals surface area contributed by atoms with Gasteiger partial charge in [-0.2, -0.15) is 0 Å². The van der Waals surface area contributed by atoms with Crippen LogP contribution in [-0.2, 0) is 0 Å². The summed E-state index contributed by atoms with van der Waals surface area (Å²) in [5.41, 5.74) is -0.202. The molecule has 0 aromatic heterocycles. The van der Waals surface area contributed by atoms with Gasteiger partial charge >= 0.3 is 5.69 Å². The van der Waals surface area contributed by atoms with Gasteiger partial charge in [0, 0.05) is 37.8 Å². The van der Waals surface area contributed by atoms with Crippen LogP contribution in [0.2, 0.25) is 0 Å². The van der Waals surface area contributed by atoms with Crippen molar-refractivity contribution >= 4 is 5.69 Å². The molecule has 0 bridgehead atoms. The van der Waals surface area contributed by atoms with E-state index in [-0.39, 0.29) is 6.04 Å². The van der Waals surface area contributed by atoms with Crippen LogP contribution in [0, 0.1) is 21.8 Å². The smallest absolute Gasteiger partial charge is 0.313 e. The molecule has 0 spiro atoms. The van der Waals surface area contributed by atoms with E-state index in [1.165, 1.54) is 6.07 Å². The Kier molecular flexibility index (Phi) is 4.26. The molecular formula is C15H20FN3O3. The van der Waals surface area contributed by atoms with Gasteiger partial charge in [0.05, 0.1) is 11.0 Å². The SMILES string of the molecule is O=[N+]([O-])c1cc(F)cc([C@H](CC2CC2)N2CCNCC2)c1O. The van der Waals surface area contributed by atoms with Crippen LogP contribution in [0.5, 0.6) is 5.75 Å². The van der Waals surface area contributed by atoms with Gasteiger partial charge in [-0.3, -0.25) is 15.0 Å². The van der Waals surface area contributed by atoms with E-state index in [0.717, 1.165) is 51.5 Å². The molecule has 1 aromatic carbocycles. The minimum absolute atomic E-state index is 0.163. The van der Waals surface area contributed by atoms with Crippen molar-refractivity contribution in [3.05, 3.63) is 33.6 Å². The van der Waals surface area contributed by atoms with Crippen molar-refractivity contribution in [3.8, 4) is 5.75 Å². The minimum Gasteiger partial charge on any atom is -0.502 e. The summed E-state index contributed by atoms with van der Waals surface area (Å²) in [7, 11) is 0. The van der Waals surface area contributed by atoms with E-state index in [1.807, 2.05) is 0 Å². The number of phenolic OH excluding ortho intramolecular Hbond substituents is 1. The molecule has 3 rings (SSSR count). The first kappa shape index (κ1) is 15.2. The first-order chi connectivity index (χ1) is 10.6. The highest BCUT2D eigenvalue weighted by atomic mass is 19.1. The number of nitro groups is 1. The number of hydrogen-bond acceptors (Lipinski definition) is 5. The van der Waals surface area contributed by atoms with Gasteiger partial charge in [0.25, 0.3) is 0 Å². The Morgan fingerprint density at radius 3 is 2.68 bits per heavy atom. The molecule has 1 aliphatic heterocycles. The third-order valence-electron chi connectivity index (χ3n) is 4.49. The van der Waals surface area contributed by atoms with E-state index in [1.54, 1.807) is 0 Å². The Hall–Kier alpha value is -1.73. The minimum atomic E-state index is -0.728. The molecule has 7 heteroatoms. The zero-order valence-electron chi connectivity index (χ0n) is 12.3. The number of nitro benzene ring substituents is 1. The maximum atomic E-state index is 13.8. The van der Waals surface area contributed by atoms with Gasteiger partial charge in [0.1, 0.15) is 5.82 Å². The molecule has 1 saturated heterocycles. The number of aromatic hydroxyl groups is 1. The predicted octanol–water partition coefficient (Wildman–Crippen LogP) is 2.19.